The van der Waals surface area contributed by atoms with Gasteiger partial charge in [-0.15, -0.1) is 0 Å². The number of allylic oxidation sites excluding steroid dienone is 1. The number of carbonyl (C=O) groups excluding carboxylic acids is 2. The lowest BCUT2D eigenvalue weighted by Crippen LogP contribution is -2.15. The van der Waals surface area contributed by atoms with Crippen LogP contribution < -0.4 is 5.32 Å². The molecule has 0 atom stereocenters. The Morgan fingerprint density at radius 1 is 1.08 bits per heavy atom. The minimum absolute atomic E-state index is 0.171. The van der Waals surface area contributed by atoms with Crippen LogP contribution in [0.25, 0.3) is 0 Å². The van der Waals surface area contributed by atoms with Crippen LogP contribution >= 0.6 is 11.6 Å². The second kappa shape index (κ2) is 8.13. The number of nitrogens with zero attached hydrogens (tertiary/aromatic N) is 1. The van der Waals surface area contributed by atoms with Crippen molar-refractivity contribution in [3.63, 3.8) is 0 Å². The molecule has 0 saturated heterocycles. The molecular weight excluding hydrogens is 340 g/mol. The van der Waals surface area contributed by atoms with E-state index in [2.05, 4.69) is 5.32 Å². The van der Waals surface area contributed by atoms with Gasteiger partial charge in [-0.25, -0.2) is 0 Å². The average Bonchev–Trinajstić information content (AvgIpc) is 2.62. The molecule has 25 heavy (non-hydrogen) atoms. The molecule has 0 unspecified atom stereocenters. The number of hydrogen-bond donors (Lipinski definition) is 2. The van der Waals surface area contributed by atoms with Crippen molar-refractivity contribution in [1.29, 1.82) is 5.26 Å². The van der Waals surface area contributed by atoms with E-state index in [0.717, 1.165) is 0 Å². The predicted octanol–water partition coefficient (Wildman–Crippen LogP) is 4.26. The van der Waals surface area contributed by atoms with Crippen LogP contribution in [-0.2, 0) is 4.79 Å². The Hall–Kier alpha value is -3.10. The van der Waals surface area contributed by atoms with Crippen LogP contribution in [0.1, 0.15) is 29.3 Å². The number of benzene rings is 2. The van der Waals surface area contributed by atoms with E-state index in [1.54, 1.807) is 61.5 Å². The lowest BCUT2D eigenvalue weighted by Gasteiger charge is -2.07. The average molecular weight is 355 g/mol. The first-order valence-electron chi connectivity index (χ1n) is 7.50. The van der Waals surface area contributed by atoms with Crippen molar-refractivity contribution in [1.82, 2.24) is 0 Å². The first-order valence-corrected chi connectivity index (χ1v) is 7.88. The van der Waals surface area contributed by atoms with E-state index in [9.17, 15) is 14.7 Å². The number of nitrogens with one attached hydrogen (secondary N) is 1. The highest BCUT2D eigenvalue weighted by molar-refractivity contribution is 6.30. The van der Waals surface area contributed by atoms with Crippen molar-refractivity contribution in [2.75, 3.05) is 5.32 Å². The third-order valence-electron chi connectivity index (χ3n) is 3.47. The molecule has 0 aliphatic rings. The number of anilines is 1. The normalized spacial score (nSPS) is 11.2. The smallest absolute Gasteiger partial charge is 0.269 e. The maximum Gasteiger partial charge on any atom is 0.269 e. The molecule has 2 rings (SSSR count). The Bertz CT molecular complexity index is 863. The van der Waals surface area contributed by atoms with Crippen molar-refractivity contribution >= 4 is 29.0 Å². The topological polar surface area (TPSA) is 90.2 Å². The number of hydrogen-bond acceptors (Lipinski definition) is 4. The van der Waals surface area contributed by atoms with Crippen LogP contribution in [0.15, 0.2) is 59.9 Å². The van der Waals surface area contributed by atoms with Gasteiger partial charge in [-0.1, -0.05) is 18.5 Å². The minimum atomic E-state index is -0.696. The maximum absolute atomic E-state index is 12.4. The summed E-state index contributed by atoms with van der Waals surface area (Å²) in [6, 6.07) is 14.5. The standard InChI is InChI=1S/C19H15ClN2O3/c1-2-17(23)16(11-21)19(25)22-15-9-5-13(6-10-15)18(24)12-3-7-14(20)8-4-12/h3-10,23H,2H2,1H3,(H,22,25). The number of rotatable bonds is 5. The van der Waals surface area contributed by atoms with Gasteiger partial charge in [-0.05, 0) is 48.5 Å². The van der Waals surface area contributed by atoms with Crippen LogP contribution in [0.3, 0.4) is 0 Å². The quantitative estimate of drug-likeness (QED) is 0.363. The lowest BCUT2D eigenvalue weighted by atomic mass is 10.0. The summed E-state index contributed by atoms with van der Waals surface area (Å²) in [7, 11) is 0. The van der Waals surface area contributed by atoms with Crippen molar-refractivity contribution in [2.45, 2.75) is 13.3 Å². The zero-order chi connectivity index (χ0) is 18.4. The molecule has 2 aromatic rings. The van der Waals surface area contributed by atoms with Crippen LogP contribution in [-0.4, -0.2) is 16.8 Å². The Labute approximate surface area is 150 Å². The molecule has 0 heterocycles. The summed E-state index contributed by atoms with van der Waals surface area (Å²) in [6.45, 7) is 1.64. The van der Waals surface area contributed by atoms with E-state index < -0.39 is 5.91 Å². The van der Waals surface area contributed by atoms with Crippen molar-refractivity contribution in [2.24, 2.45) is 0 Å². The third kappa shape index (κ3) is 4.46. The number of carbonyl (C=O) groups is 2. The molecule has 0 saturated carbocycles. The Morgan fingerprint density at radius 3 is 2.08 bits per heavy atom. The van der Waals surface area contributed by atoms with E-state index in [4.69, 9.17) is 16.9 Å². The van der Waals surface area contributed by atoms with Crippen LogP contribution in [0.5, 0.6) is 0 Å². The van der Waals surface area contributed by atoms with Gasteiger partial charge in [0.1, 0.15) is 11.8 Å². The fourth-order valence-corrected chi connectivity index (χ4v) is 2.22. The van der Waals surface area contributed by atoms with E-state index in [1.165, 1.54) is 0 Å². The molecule has 6 heteroatoms. The first kappa shape index (κ1) is 18.2. The molecule has 0 aliphatic heterocycles. The van der Waals surface area contributed by atoms with Gasteiger partial charge in [0.25, 0.3) is 5.91 Å². The van der Waals surface area contributed by atoms with Crippen molar-refractivity contribution in [3.8, 4) is 6.07 Å². The SMILES string of the molecule is CCC(O)=C(C#N)C(=O)Nc1ccc(C(=O)c2ccc(Cl)cc2)cc1. The number of amides is 1. The molecule has 0 bridgehead atoms. The zero-order valence-corrected chi connectivity index (χ0v) is 14.2. The highest BCUT2D eigenvalue weighted by Crippen LogP contribution is 2.17. The van der Waals surface area contributed by atoms with Gasteiger partial charge in [-0.3, -0.25) is 9.59 Å². The molecule has 0 aliphatic carbocycles. The van der Waals surface area contributed by atoms with Crippen molar-refractivity contribution < 1.29 is 14.7 Å². The van der Waals surface area contributed by atoms with Gasteiger partial charge in [0.15, 0.2) is 11.4 Å². The van der Waals surface area contributed by atoms with Gasteiger partial charge in [0.05, 0.1) is 0 Å². The second-order valence-electron chi connectivity index (χ2n) is 5.15. The number of aliphatic hydroxyl groups is 1. The van der Waals surface area contributed by atoms with Gasteiger partial charge in [0, 0.05) is 28.3 Å². The first-order chi connectivity index (χ1) is 12.0. The number of nitriles is 1. The maximum atomic E-state index is 12.4. The van der Waals surface area contributed by atoms with Crippen molar-refractivity contribution in [3.05, 3.63) is 76.0 Å². The molecule has 2 N–H and O–H groups in total. The molecule has 5 nitrogen and oxygen atoms in total. The summed E-state index contributed by atoms with van der Waals surface area (Å²) in [5.41, 5.74) is 1.04. The van der Waals surface area contributed by atoms with Crippen LogP contribution in [0.4, 0.5) is 5.69 Å². The molecule has 0 radical (unpaired) electrons. The van der Waals surface area contributed by atoms with E-state index in [1.807, 2.05) is 0 Å². The molecule has 2 aromatic carbocycles. The van der Waals surface area contributed by atoms with Gasteiger partial charge < -0.3 is 10.4 Å². The van der Waals surface area contributed by atoms with Crippen LogP contribution in [0.2, 0.25) is 5.02 Å². The third-order valence-corrected chi connectivity index (χ3v) is 3.73. The van der Waals surface area contributed by atoms with E-state index >= 15 is 0 Å². The summed E-state index contributed by atoms with van der Waals surface area (Å²) in [4.78, 5) is 24.3. The molecule has 0 fully saturated rings. The Balaban J connectivity index is 2.15. The second-order valence-corrected chi connectivity index (χ2v) is 5.59. The Morgan fingerprint density at radius 2 is 1.60 bits per heavy atom. The molecule has 1 amide bonds. The van der Waals surface area contributed by atoms with E-state index in [0.29, 0.717) is 21.8 Å². The van der Waals surface area contributed by atoms with Gasteiger partial charge >= 0.3 is 0 Å². The van der Waals surface area contributed by atoms with Gasteiger partial charge in [0.2, 0.25) is 0 Å². The van der Waals surface area contributed by atoms with E-state index in [-0.39, 0.29) is 23.5 Å². The molecule has 0 aromatic heterocycles. The van der Waals surface area contributed by atoms with Crippen LogP contribution in [0, 0.1) is 11.3 Å². The summed E-state index contributed by atoms with van der Waals surface area (Å²) in [5.74, 6) is -1.14. The monoisotopic (exact) mass is 354 g/mol. The highest BCUT2D eigenvalue weighted by Gasteiger charge is 2.15. The largest absolute Gasteiger partial charge is 0.511 e. The molecular formula is C19H15ClN2O3. The fraction of sp³-hybridized carbons (Fsp3) is 0.105. The number of halogens is 1. The zero-order valence-electron chi connectivity index (χ0n) is 13.4. The van der Waals surface area contributed by atoms with Gasteiger partial charge in [-0.2, -0.15) is 5.26 Å². The summed E-state index contributed by atoms with van der Waals surface area (Å²) >= 11 is 5.81. The summed E-state index contributed by atoms with van der Waals surface area (Å²) in [5, 5.41) is 21.6. The predicted molar refractivity (Wildman–Crippen MR) is 95.5 cm³/mol. The lowest BCUT2D eigenvalue weighted by molar-refractivity contribution is -0.112. The summed E-state index contributed by atoms with van der Waals surface area (Å²) in [6.07, 6.45) is 0.185. The minimum Gasteiger partial charge on any atom is -0.511 e. The summed E-state index contributed by atoms with van der Waals surface area (Å²) < 4.78 is 0. The molecule has 126 valence electrons. The number of ketones is 1. The number of aliphatic hydroxyl groups excluding tert-OH is 1. The molecule has 0 spiro atoms. The fourth-order valence-electron chi connectivity index (χ4n) is 2.09. The Kier molecular flexibility index (Phi) is 5.93. The highest BCUT2D eigenvalue weighted by atomic mass is 35.5.